The molecule has 2 rings (SSSR count). The number of nitrogens with zero attached hydrogens (tertiary/aromatic N) is 2. The molecule has 1 aliphatic rings. The lowest BCUT2D eigenvalue weighted by molar-refractivity contribution is -0.206. The van der Waals surface area contributed by atoms with Gasteiger partial charge in [-0.1, -0.05) is 0 Å². The number of aromatic nitrogens is 2. The first kappa shape index (κ1) is 12.9. The zero-order valence-electron chi connectivity index (χ0n) is 9.22. The molecular formula is C10H11F3N2O3. The fourth-order valence-corrected chi connectivity index (χ4v) is 1.95. The molecule has 0 amide bonds. The fraction of sp³-hybridized carbons (Fsp3) is 0.600. The highest BCUT2D eigenvalue weighted by Crippen LogP contribution is 2.33. The smallest absolute Gasteiger partial charge is 0.414 e. The Kier molecular flexibility index (Phi) is 3.29. The normalized spacial score (nSPS) is 24.4. The van der Waals surface area contributed by atoms with Crippen LogP contribution in [0, 0.1) is 5.92 Å². The first-order chi connectivity index (χ1) is 8.38. The van der Waals surface area contributed by atoms with Gasteiger partial charge in [0, 0.05) is 18.7 Å². The Hall–Kier alpha value is -1.57. The maximum absolute atomic E-state index is 12.4. The Morgan fingerprint density at radius 2 is 2.33 bits per heavy atom. The first-order valence-corrected chi connectivity index (χ1v) is 5.31. The predicted octanol–water partition coefficient (Wildman–Crippen LogP) is 1.55. The Labute approximate surface area is 100 Å². The van der Waals surface area contributed by atoms with Crippen molar-refractivity contribution in [2.75, 3.05) is 6.61 Å². The van der Waals surface area contributed by atoms with E-state index in [0.717, 1.165) is 0 Å². The first-order valence-electron chi connectivity index (χ1n) is 5.31. The molecule has 0 bridgehead atoms. The van der Waals surface area contributed by atoms with Gasteiger partial charge in [0.05, 0.1) is 6.61 Å². The van der Waals surface area contributed by atoms with Crippen LogP contribution in [0.2, 0.25) is 0 Å². The average Bonchev–Trinajstić information content (AvgIpc) is 2.85. The molecule has 1 aromatic heterocycles. The molecule has 100 valence electrons. The van der Waals surface area contributed by atoms with E-state index in [1.165, 1.54) is 16.9 Å². The summed E-state index contributed by atoms with van der Waals surface area (Å²) in [5, 5.41) is 12.6. The van der Waals surface area contributed by atoms with E-state index in [-0.39, 0.29) is 31.2 Å². The van der Waals surface area contributed by atoms with Crippen molar-refractivity contribution in [3.8, 4) is 0 Å². The Morgan fingerprint density at radius 1 is 1.61 bits per heavy atom. The van der Waals surface area contributed by atoms with Crippen LogP contribution >= 0.6 is 0 Å². The summed E-state index contributed by atoms with van der Waals surface area (Å²) in [6.07, 6.45) is -4.98. The monoisotopic (exact) mass is 264 g/mol. The van der Waals surface area contributed by atoms with Crippen LogP contribution in [0.3, 0.4) is 0 Å². The lowest BCUT2D eigenvalue weighted by Gasteiger charge is -2.13. The second-order valence-corrected chi connectivity index (χ2v) is 4.17. The second-order valence-electron chi connectivity index (χ2n) is 4.17. The van der Waals surface area contributed by atoms with Gasteiger partial charge in [-0.15, -0.1) is 0 Å². The van der Waals surface area contributed by atoms with Crippen LogP contribution in [0.5, 0.6) is 0 Å². The molecule has 1 aromatic rings. The SMILES string of the molecule is O=C(O)c1ccnn1CC1COC(C(F)(F)F)C1. The summed E-state index contributed by atoms with van der Waals surface area (Å²) in [4.78, 5) is 10.8. The molecule has 0 aliphatic carbocycles. The van der Waals surface area contributed by atoms with Crippen LogP contribution in [0.25, 0.3) is 0 Å². The van der Waals surface area contributed by atoms with E-state index in [0.29, 0.717) is 0 Å². The van der Waals surface area contributed by atoms with Gasteiger partial charge in [-0.05, 0) is 12.5 Å². The van der Waals surface area contributed by atoms with Crippen molar-refractivity contribution in [1.29, 1.82) is 0 Å². The molecule has 1 aliphatic heterocycles. The minimum absolute atomic E-state index is 0.0366. The van der Waals surface area contributed by atoms with Crippen molar-refractivity contribution in [3.05, 3.63) is 18.0 Å². The second kappa shape index (κ2) is 4.60. The number of ether oxygens (including phenoxy) is 1. The zero-order chi connectivity index (χ0) is 13.3. The highest BCUT2D eigenvalue weighted by Gasteiger charge is 2.45. The van der Waals surface area contributed by atoms with Gasteiger partial charge >= 0.3 is 12.1 Å². The van der Waals surface area contributed by atoms with Crippen molar-refractivity contribution in [2.24, 2.45) is 5.92 Å². The summed E-state index contributed by atoms with van der Waals surface area (Å²) < 4.78 is 43.0. The lowest BCUT2D eigenvalue weighted by Crippen LogP contribution is -2.28. The number of hydrogen-bond donors (Lipinski definition) is 1. The third-order valence-electron chi connectivity index (χ3n) is 2.81. The molecule has 2 atom stereocenters. The van der Waals surface area contributed by atoms with E-state index in [1.807, 2.05) is 0 Å². The van der Waals surface area contributed by atoms with Gasteiger partial charge < -0.3 is 9.84 Å². The fourth-order valence-electron chi connectivity index (χ4n) is 1.95. The summed E-state index contributed by atoms with van der Waals surface area (Å²) >= 11 is 0. The molecule has 2 heterocycles. The van der Waals surface area contributed by atoms with Gasteiger partial charge in [0.25, 0.3) is 0 Å². The third kappa shape index (κ3) is 2.63. The summed E-state index contributed by atoms with van der Waals surface area (Å²) in [6, 6.07) is 1.30. The number of rotatable bonds is 3. The maximum atomic E-state index is 12.4. The highest BCUT2D eigenvalue weighted by molar-refractivity contribution is 5.85. The topological polar surface area (TPSA) is 64.3 Å². The lowest BCUT2D eigenvalue weighted by atomic mass is 10.1. The van der Waals surface area contributed by atoms with E-state index < -0.39 is 18.2 Å². The number of alkyl halides is 3. The van der Waals surface area contributed by atoms with Crippen LogP contribution in [0.15, 0.2) is 12.3 Å². The van der Waals surface area contributed by atoms with Crippen molar-refractivity contribution in [1.82, 2.24) is 9.78 Å². The number of carboxylic acids is 1. The Morgan fingerprint density at radius 3 is 2.89 bits per heavy atom. The quantitative estimate of drug-likeness (QED) is 0.899. The predicted molar refractivity (Wildman–Crippen MR) is 53.1 cm³/mol. The summed E-state index contributed by atoms with van der Waals surface area (Å²) in [5.41, 5.74) is -0.0366. The average molecular weight is 264 g/mol. The van der Waals surface area contributed by atoms with E-state index in [2.05, 4.69) is 9.84 Å². The molecule has 0 spiro atoms. The van der Waals surface area contributed by atoms with Gasteiger partial charge in [-0.2, -0.15) is 18.3 Å². The highest BCUT2D eigenvalue weighted by atomic mass is 19.4. The molecule has 0 saturated carbocycles. The molecule has 1 saturated heterocycles. The number of carbonyl (C=O) groups is 1. The van der Waals surface area contributed by atoms with Gasteiger partial charge in [0.2, 0.25) is 0 Å². The number of aromatic carboxylic acids is 1. The van der Waals surface area contributed by atoms with Crippen LogP contribution in [0.1, 0.15) is 16.9 Å². The number of halogens is 3. The van der Waals surface area contributed by atoms with Crippen LogP contribution in [-0.2, 0) is 11.3 Å². The molecule has 18 heavy (non-hydrogen) atoms. The zero-order valence-corrected chi connectivity index (χ0v) is 9.22. The molecule has 0 aromatic carbocycles. The largest absolute Gasteiger partial charge is 0.477 e. The molecule has 1 N–H and O–H groups in total. The maximum Gasteiger partial charge on any atom is 0.414 e. The minimum Gasteiger partial charge on any atom is -0.477 e. The summed E-state index contributed by atoms with van der Waals surface area (Å²) in [7, 11) is 0. The number of hydrogen-bond acceptors (Lipinski definition) is 3. The van der Waals surface area contributed by atoms with E-state index in [1.54, 1.807) is 0 Å². The van der Waals surface area contributed by atoms with E-state index in [9.17, 15) is 18.0 Å². The van der Waals surface area contributed by atoms with E-state index >= 15 is 0 Å². The summed E-state index contributed by atoms with van der Waals surface area (Å²) in [5.74, 6) is -1.53. The molecule has 1 fully saturated rings. The molecule has 0 radical (unpaired) electrons. The minimum atomic E-state index is -4.37. The molecular weight excluding hydrogens is 253 g/mol. The third-order valence-corrected chi connectivity index (χ3v) is 2.81. The standard InChI is InChI=1S/C10H11F3N2O3/c11-10(12,13)8-3-6(5-18-8)4-15-7(9(16)17)1-2-14-15/h1-2,6,8H,3-5H2,(H,16,17). The summed E-state index contributed by atoms with van der Waals surface area (Å²) in [6.45, 7) is 0.0737. The van der Waals surface area contributed by atoms with Crippen molar-refractivity contribution >= 4 is 5.97 Å². The Balaban J connectivity index is 2.00. The van der Waals surface area contributed by atoms with Crippen molar-refractivity contribution < 1.29 is 27.8 Å². The van der Waals surface area contributed by atoms with Crippen LogP contribution < -0.4 is 0 Å². The van der Waals surface area contributed by atoms with Gasteiger partial charge in [0.15, 0.2) is 6.10 Å². The van der Waals surface area contributed by atoms with Crippen molar-refractivity contribution in [2.45, 2.75) is 25.2 Å². The molecule has 8 heteroatoms. The van der Waals surface area contributed by atoms with E-state index in [4.69, 9.17) is 5.11 Å². The number of carboxylic acid groups (broad SMARTS) is 1. The van der Waals surface area contributed by atoms with Gasteiger partial charge in [-0.3, -0.25) is 4.68 Å². The van der Waals surface area contributed by atoms with Crippen molar-refractivity contribution in [3.63, 3.8) is 0 Å². The van der Waals surface area contributed by atoms with Crippen LogP contribution in [0.4, 0.5) is 13.2 Å². The van der Waals surface area contributed by atoms with Gasteiger partial charge in [0.1, 0.15) is 5.69 Å². The van der Waals surface area contributed by atoms with Gasteiger partial charge in [-0.25, -0.2) is 4.79 Å². The molecule has 5 nitrogen and oxygen atoms in total. The molecule has 2 unspecified atom stereocenters. The Bertz CT molecular complexity index is 444. The van der Waals surface area contributed by atoms with Crippen LogP contribution in [-0.4, -0.2) is 39.7 Å².